The number of thioether (sulfide) groups is 1. The fraction of sp³-hybridized carbons (Fsp3) is 0.571. The molecular formula is C14H21ClN2S. The zero-order valence-electron chi connectivity index (χ0n) is 10.9. The summed E-state index contributed by atoms with van der Waals surface area (Å²) >= 11 is 8.06. The average Bonchev–Trinajstić information content (AvgIpc) is 2.38. The molecule has 0 radical (unpaired) electrons. The van der Waals surface area contributed by atoms with E-state index in [0.717, 1.165) is 24.7 Å². The average molecular weight is 285 g/mol. The van der Waals surface area contributed by atoms with Crippen LogP contribution in [0.4, 0.5) is 0 Å². The van der Waals surface area contributed by atoms with E-state index >= 15 is 0 Å². The smallest absolute Gasteiger partial charge is 0.0409 e. The molecule has 1 heterocycles. The molecule has 4 heteroatoms. The molecular weight excluding hydrogens is 264 g/mol. The molecule has 2 rings (SSSR count). The van der Waals surface area contributed by atoms with Crippen LogP contribution in [0, 0.1) is 0 Å². The van der Waals surface area contributed by atoms with Gasteiger partial charge in [0.05, 0.1) is 0 Å². The van der Waals surface area contributed by atoms with Crippen LogP contribution in [-0.2, 0) is 6.54 Å². The molecule has 0 bridgehead atoms. The summed E-state index contributed by atoms with van der Waals surface area (Å²) in [5, 5.41) is 4.40. The van der Waals surface area contributed by atoms with Gasteiger partial charge in [0.15, 0.2) is 0 Å². The fourth-order valence-electron chi connectivity index (χ4n) is 2.21. The number of nitrogens with zero attached hydrogens (tertiary/aromatic N) is 1. The Labute approximate surface area is 119 Å². The summed E-state index contributed by atoms with van der Waals surface area (Å²) in [6.07, 6.45) is 1.23. The minimum atomic E-state index is 0.686. The van der Waals surface area contributed by atoms with E-state index in [9.17, 15) is 0 Å². The van der Waals surface area contributed by atoms with Crippen LogP contribution in [-0.4, -0.2) is 42.6 Å². The van der Waals surface area contributed by atoms with Crippen LogP contribution in [0.15, 0.2) is 24.3 Å². The number of halogens is 1. The highest BCUT2D eigenvalue weighted by Crippen LogP contribution is 2.14. The van der Waals surface area contributed by atoms with Gasteiger partial charge >= 0.3 is 0 Å². The van der Waals surface area contributed by atoms with E-state index in [0.29, 0.717) is 6.04 Å². The highest BCUT2D eigenvalue weighted by atomic mass is 35.5. The van der Waals surface area contributed by atoms with E-state index < -0.39 is 0 Å². The standard InChI is InChI=1S/C14H21ClN2S/c1-17(7-5-14-11-18-8-6-16-14)10-12-3-2-4-13(15)9-12/h2-4,9,14,16H,5-8,10-11H2,1H3. The molecule has 0 aromatic heterocycles. The molecule has 2 nitrogen and oxygen atoms in total. The third kappa shape index (κ3) is 4.81. The fourth-order valence-corrected chi connectivity index (χ4v) is 3.42. The van der Waals surface area contributed by atoms with E-state index in [1.165, 1.54) is 23.5 Å². The Balaban J connectivity index is 1.72. The number of nitrogens with one attached hydrogen (secondary N) is 1. The van der Waals surface area contributed by atoms with E-state index in [-0.39, 0.29) is 0 Å². The Bertz CT molecular complexity index is 367. The second kappa shape index (κ2) is 7.39. The predicted octanol–water partition coefficient (Wildman–Crippen LogP) is 2.87. The van der Waals surface area contributed by atoms with Crippen LogP contribution in [0.2, 0.25) is 5.02 Å². The van der Waals surface area contributed by atoms with Gasteiger partial charge in [0, 0.05) is 35.7 Å². The highest BCUT2D eigenvalue weighted by molar-refractivity contribution is 7.99. The maximum atomic E-state index is 6.00. The number of hydrogen-bond donors (Lipinski definition) is 1. The van der Waals surface area contributed by atoms with Gasteiger partial charge in [-0.25, -0.2) is 0 Å². The van der Waals surface area contributed by atoms with Crippen molar-refractivity contribution in [2.24, 2.45) is 0 Å². The van der Waals surface area contributed by atoms with Gasteiger partial charge in [-0.2, -0.15) is 11.8 Å². The summed E-state index contributed by atoms with van der Waals surface area (Å²) in [5.74, 6) is 2.51. The van der Waals surface area contributed by atoms with Crippen molar-refractivity contribution in [1.29, 1.82) is 0 Å². The lowest BCUT2D eigenvalue weighted by Gasteiger charge is -2.25. The van der Waals surface area contributed by atoms with Crippen molar-refractivity contribution in [3.8, 4) is 0 Å². The summed E-state index contributed by atoms with van der Waals surface area (Å²) in [5.41, 5.74) is 1.29. The topological polar surface area (TPSA) is 15.3 Å². The summed E-state index contributed by atoms with van der Waals surface area (Å²) in [7, 11) is 2.18. The molecule has 0 spiro atoms. The largest absolute Gasteiger partial charge is 0.312 e. The van der Waals surface area contributed by atoms with Gasteiger partial charge in [0.25, 0.3) is 0 Å². The molecule has 1 fully saturated rings. The molecule has 1 atom stereocenters. The first-order chi connectivity index (χ1) is 8.74. The van der Waals surface area contributed by atoms with Crippen molar-refractivity contribution < 1.29 is 0 Å². The molecule has 18 heavy (non-hydrogen) atoms. The van der Waals surface area contributed by atoms with Crippen LogP contribution < -0.4 is 5.32 Å². The molecule has 1 aromatic carbocycles. The minimum absolute atomic E-state index is 0.686. The Morgan fingerprint density at radius 2 is 2.39 bits per heavy atom. The second-order valence-corrected chi connectivity index (χ2v) is 6.47. The van der Waals surface area contributed by atoms with Gasteiger partial charge in [-0.1, -0.05) is 23.7 Å². The van der Waals surface area contributed by atoms with Crippen molar-refractivity contribution >= 4 is 23.4 Å². The molecule has 100 valence electrons. The third-order valence-electron chi connectivity index (χ3n) is 3.20. The molecule has 1 N–H and O–H groups in total. The van der Waals surface area contributed by atoms with Crippen molar-refractivity contribution in [3.05, 3.63) is 34.9 Å². The lowest BCUT2D eigenvalue weighted by molar-refractivity contribution is 0.305. The van der Waals surface area contributed by atoms with Crippen molar-refractivity contribution in [3.63, 3.8) is 0 Å². The molecule has 0 amide bonds. The van der Waals surface area contributed by atoms with Crippen LogP contribution in [0.5, 0.6) is 0 Å². The van der Waals surface area contributed by atoms with Crippen LogP contribution in [0.25, 0.3) is 0 Å². The van der Waals surface area contributed by atoms with E-state index in [4.69, 9.17) is 11.6 Å². The summed E-state index contributed by atoms with van der Waals surface area (Å²) in [6.45, 7) is 3.26. The zero-order chi connectivity index (χ0) is 12.8. The first-order valence-corrected chi connectivity index (χ1v) is 8.01. The van der Waals surface area contributed by atoms with Crippen molar-refractivity contribution in [2.45, 2.75) is 19.0 Å². The van der Waals surface area contributed by atoms with Gasteiger partial charge in [-0.3, -0.25) is 0 Å². The summed E-state index contributed by atoms with van der Waals surface area (Å²) in [4.78, 5) is 2.37. The molecule has 1 aliphatic rings. The summed E-state index contributed by atoms with van der Waals surface area (Å²) in [6, 6.07) is 8.81. The van der Waals surface area contributed by atoms with E-state index in [1.54, 1.807) is 0 Å². The SMILES string of the molecule is CN(CCC1CSCCN1)Cc1cccc(Cl)c1. The Hall–Kier alpha value is -0.220. The maximum absolute atomic E-state index is 6.00. The highest BCUT2D eigenvalue weighted by Gasteiger charge is 2.13. The number of hydrogen-bond acceptors (Lipinski definition) is 3. The van der Waals surface area contributed by atoms with Gasteiger partial charge in [0.1, 0.15) is 0 Å². The monoisotopic (exact) mass is 284 g/mol. The molecule has 0 aliphatic carbocycles. The third-order valence-corrected chi connectivity index (χ3v) is 4.57. The number of benzene rings is 1. The quantitative estimate of drug-likeness (QED) is 0.895. The van der Waals surface area contributed by atoms with Gasteiger partial charge in [-0.05, 0) is 37.7 Å². The Kier molecular flexibility index (Phi) is 5.83. The van der Waals surface area contributed by atoms with Gasteiger partial charge < -0.3 is 10.2 Å². The van der Waals surface area contributed by atoms with E-state index in [2.05, 4.69) is 35.1 Å². The van der Waals surface area contributed by atoms with Crippen molar-refractivity contribution in [2.75, 3.05) is 31.6 Å². The van der Waals surface area contributed by atoms with Crippen LogP contribution in [0.3, 0.4) is 0 Å². The van der Waals surface area contributed by atoms with Crippen molar-refractivity contribution in [1.82, 2.24) is 10.2 Å². The zero-order valence-corrected chi connectivity index (χ0v) is 12.4. The lowest BCUT2D eigenvalue weighted by Crippen LogP contribution is -2.39. The first-order valence-electron chi connectivity index (χ1n) is 6.48. The van der Waals surface area contributed by atoms with E-state index in [1.807, 2.05) is 18.2 Å². The maximum Gasteiger partial charge on any atom is 0.0409 e. The molecule has 1 unspecified atom stereocenters. The molecule has 1 aliphatic heterocycles. The number of rotatable bonds is 5. The van der Waals surface area contributed by atoms with Gasteiger partial charge in [0.2, 0.25) is 0 Å². The van der Waals surface area contributed by atoms with Crippen LogP contribution >= 0.6 is 23.4 Å². The molecule has 0 saturated carbocycles. The first kappa shape index (κ1) is 14.2. The summed E-state index contributed by atoms with van der Waals surface area (Å²) < 4.78 is 0. The minimum Gasteiger partial charge on any atom is -0.312 e. The lowest BCUT2D eigenvalue weighted by atomic mass is 10.2. The Morgan fingerprint density at radius 3 is 3.11 bits per heavy atom. The second-order valence-electron chi connectivity index (χ2n) is 4.88. The van der Waals surface area contributed by atoms with Gasteiger partial charge in [-0.15, -0.1) is 0 Å². The van der Waals surface area contributed by atoms with Crippen LogP contribution in [0.1, 0.15) is 12.0 Å². The Morgan fingerprint density at radius 1 is 1.50 bits per heavy atom. The molecule has 1 saturated heterocycles. The molecule has 1 aromatic rings. The normalized spacial score (nSPS) is 20.3. The predicted molar refractivity (Wildman–Crippen MR) is 81.5 cm³/mol.